The molecule has 0 bridgehead atoms. The minimum atomic E-state index is -0.136. The maximum atomic E-state index is 12.7. The van der Waals surface area contributed by atoms with Gasteiger partial charge in [0.05, 0.1) is 11.6 Å². The van der Waals surface area contributed by atoms with Crippen LogP contribution in [0.4, 0.5) is 5.88 Å². The first-order valence-corrected chi connectivity index (χ1v) is 7.99. The predicted octanol–water partition coefficient (Wildman–Crippen LogP) is 0.834. The SMILES string of the molecule is N#Cc1cccc(-c2cc(N3CCN4CCNC[C@H]4C3=O)on2)c1. The third-order valence-electron chi connectivity index (χ3n) is 4.57. The van der Waals surface area contributed by atoms with E-state index in [1.165, 1.54) is 0 Å². The summed E-state index contributed by atoms with van der Waals surface area (Å²) in [6.45, 7) is 3.92. The number of carbonyl (C=O) groups is 1. The summed E-state index contributed by atoms with van der Waals surface area (Å²) >= 11 is 0. The van der Waals surface area contributed by atoms with E-state index in [0.29, 0.717) is 30.2 Å². The average molecular weight is 323 g/mol. The molecule has 0 spiro atoms. The van der Waals surface area contributed by atoms with Gasteiger partial charge in [0.2, 0.25) is 11.8 Å². The van der Waals surface area contributed by atoms with Crippen LogP contribution in [0.25, 0.3) is 11.3 Å². The van der Waals surface area contributed by atoms with Crippen molar-refractivity contribution in [2.75, 3.05) is 37.6 Å². The van der Waals surface area contributed by atoms with Gasteiger partial charge in [-0.3, -0.25) is 14.6 Å². The Morgan fingerprint density at radius 2 is 2.21 bits per heavy atom. The lowest BCUT2D eigenvalue weighted by Crippen LogP contribution is -2.64. The fraction of sp³-hybridized carbons (Fsp3) is 0.353. The molecule has 122 valence electrons. The third-order valence-corrected chi connectivity index (χ3v) is 4.57. The number of amides is 1. The molecule has 24 heavy (non-hydrogen) atoms. The topological polar surface area (TPSA) is 85.4 Å². The van der Waals surface area contributed by atoms with E-state index >= 15 is 0 Å². The minimum Gasteiger partial charge on any atom is -0.338 e. The molecular weight excluding hydrogens is 306 g/mol. The molecule has 4 rings (SSSR count). The van der Waals surface area contributed by atoms with Crippen LogP contribution in [0.1, 0.15) is 5.56 Å². The maximum absolute atomic E-state index is 12.7. The van der Waals surface area contributed by atoms with Crippen LogP contribution in [0.15, 0.2) is 34.9 Å². The molecule has 2 fully saturated rings. The number of nitrogens with zero attached hydrogens (tertiary/aromatic N) is 4. The number of carbonyl (C=O) groups excluding carboxylic acids is 1. The molecule has 2 aromatic rings. The van der Waals surface area contributed by atoms with Crippen LogP contribution in [-0.4, -0.2) is 54.7 Å². The number of hydrogen-bond donors (Lipinski definition) is 1. The van der Waals surface area contributed by atoms with Gasteiger partial charge in [-0.25, -0.2) is 0 Å². The second-order valence-corrected chi connectivity index (χ2v) is 5.99. The first-order valence-electron chi connectivity index (χ1n) is 7.99. The number of nitriles is 1. The number of benzene rings is 1. The Morgan fingerprint density at radius 3 is 3.08 bits per heavy atom. The summed E-state index contributed by atoms with van der Waals surface area (Å²) in [7, 11) is 0. The summed E-state index contributed by atoms with van der Waals surface area (Å²) < 4.78 is 5.42. The van der Waals surface area contributed by atoms with Gasteiger partial charge in [-0.15, -0.1) is 0 Å². The molecule has 2 aliphatic rings. The molecule has 0 radical (unpaired) electrons. The zero-order chi connectivity index (χ0) is 16.5. The summed E-state index contributed by atoms with van der Waals surface area (Å²) in [5.41, 5.74) is 1.99. The van der Waals surface area contributed by atoms with E-state index in [4.69, 9.17) is 9.78 Å². The average Bonchev–Trinajstić information content (AvgIpc) is 3.12. The van der Waals surface area contributed by atoms with Gasteiger partial charge in [-0.05, 0) is 12.1 Å². The van der Waals surface area contributed by atoms with Gasteiger partial charge >= 0.3 is 0 Å². The second-order valence-electron chi connectivity index (χ2n) is 5.99. The lowest BCUT2D eigenvalue weighted by atomic mass is 10.1. The van der Waals surface area contributed by atoms with Gasteiger partial charge in [0.25, 0.3) is 0 Å². The summed E-state index contributed by atoms with van der Waals surface area (Å²) in [6.07, 6.45) is 0. The minimum absolute atomic E-state index is 0.0434. The van der Waals surface area contributed by atoms with E-state index in [1.54, 1.807) is 29.2 Å². The van der Waals surface area contributed by atoms with Crippen LogP contribution < -0.4 is 10.2 Å². The monoisotopic (exact) mass is 323 g/mol. The molecule has 7 nitrogen and oxygen atoms in total. The second kappa shape index (κ2) is 6.07. The fourth-order valence-electron chi connectivity index (χ4n) is 3.27. The van der Waals surface area contributed by atoms with Crippen molar-refractivity contribution < 1.29 is 9.32 Å². The summed E-state index contributed by atoms with van der Waals surface area (Å²) in [5.74, 6) is 0.504. The lowest BCUT2D eigenvalue weighted by molar-refractivity contribution is -0.126. The van der Waals surface area contributed by atoms with E-state index in [-0.39, 0.29) is 11.9 Å². The predicted molar refractivity (Wildman–Crippen MR) is 87.2 cm³/mol. The Labute approximate surface area is 139 Å². The highest BCUT2D eigenvalue weighted by atomic mass is 16.5. The number of piperazine rings is 2. The van der Waals surface area contributed by atoms with E-state index in [2.05, 4.69) is 21.4 Å². The number of nitrogens with one attached hydrogen (secondary N) is 1. The summed E-state index contributed by atoms with van der Waals surface area (Å²) in [5, 5.41) is 16.3. The van der Waals surface area contributed by atoms with E-state index in [9.17, 15) is 4.79 Å². The Kier molecular flexibility index (Phi) is 3.76. The van der Waals surface area contributed by atoms with E-state index in [0.717, 1.165) is 25.2 Å². The molecule has 1 atom stereocenters. The first kappa shape index (κ1) is 14.9. The van der Waals surface area contributed by atoms with Gasteiger partial charge in [0.15, 0.2) is 0 Å². The van der Waals surface area contributed by atoms with Crippen LogP contribution in [-0.2, 0) is 4.79 Å². The Bertz CT molecular complexity index is 809. The molecule has 0 saturated carbocycles. The van der Waals surface area contributed by atoms with Gasteiger partial charge in [-0.1, -0.05) is 17.3 Å². The van der Waals surface area contributed by atoms with Crippen molar-refractivity contribution in [3.8, 4) is 17.3 Å². The summed E-state index contributed by atoms with van der Waals surface area (Å²) in [6, 6.07) is 10.9. The van der Waals surface area contributed by atoms with Crippen LogP contribution in [0.5, 0.6) is 0 Å². The normalized spacial score (nSPS) is 21.4. The standard InChI is InChI=1S/C17H17N5O2/c18-10-12-2-1-3-13(8-12)14-9-16(24-20-14)22-7-6-21-5-4-19-11-15(21)17(22)23/h1-3,8-9,15,19H,4-7,11H2/t15-/m0/s1. The van der Waals surface area contributed by atoms with Crippen molar-refractivity contribution in [3.05, 3.63) is 35.9 Å². The lowest BCUT2D eigenvalue weighted by Gasteiger charge is -2.42. The number of rotatable bonds is 2. The molecule has 1 amide bonds. The smallest absolute Gasteiger partial charge is 0.248 e. The van der Waals surface area contributed by atoms with Crippen LogP contribution in [0.3, 0.4) is 0 Å². The Hall–Kier alpha value is -2.69. The van der Waals surface area contributed by atoms with Crippen LogP contribution in [0, 0.1) is 11.3 Å². The van der Waals surface area contributed by atoms with Crippen LogP contribution >= 0.6 is 0 Å². The molecule has 1 aromatic heterocycles. The van der Waals surface area contributed by atoms with E-state index in [1.807, 2.05) is 6.07 Å². The highest BCUT2D eigenvalue weighted by molar-refractivity contribution is 5.97. The number of aromatic nitrogens is 1. The molecule has 2 aliphatic heterocycles. The van der Waals surface area contributed by atoms with Crippen molar-refractivity contribution in [1.29, 1.82) is 5.26 Å². The highest BCUT2D eigenvalue weighted by Gasteiger charge is 2.38. The first-order chi connectivity index (χ1) is 11.8. The zero-order valence-corrected chi connectivity index (χ0v) is 13.1. The Morgan fingerprint density at radius 1 is 1.29 bits per heavy atom. The molecule has 0 unspecified atom stereocenters. The van der Waals surface area contributed by atoms with Gasteiger partial charge in [0, 0.05) is 44.4 Å². The van der Waals surface area contributed by atoms with Gasteiger partial charge in [-0.2, -0.15) is 5.26 Å². The molecule has 3 heterocycles. The van der Waals surface area contributed by atoms with Crippen molar-refractivity contribution in [2.45, 2.75) is 6.04 Å². The van der Waals surface area contributed by atoms with Gasteiger partial charge < -0.3 is 9.84 Å². The highest BCUT2D eigenvalue weighted by Crippen LogP contribution is 2.27. The summed E-state index contributed by atoms with van der Waals surface area (Å²) in [4.78, 5) is 16.6. The zero-order valence-electron chi connectivity index (χ0n) is 13.1. The maximum Gasteiger partial charge on any atom is 0.248 e. The molecule has 0 aliphatic carbocycles. The quantitative estimate of drug-likeness (QED) is 0.881. The number of fused-ring (bicyclic) bond motifs is 1. The van der Waals surface area contributed by atoms with Crippen molar-refractivity contribution in [3.63, 3.8) is 0 Å². The Balaban J connectivity index is 1.58. The van der Waals surface area contributed by atoms with Crippen molar-refractivity contribution in [2.24, 2.45) is 0 Å². The van der Waals surface area contributed by atoms with E-state index < -0.39 is 0 Å². The van der Waals surface area contributed by atoms with Crippen molar-refractivity contribution in [1.82, 2.24) is 15.4 Å². The number of hydrogen-bond acceptors (Lipinski definition) is 6. The third kappa shape index (κ3) is 2.56. The molecule has 1 aromatic carbocycles. The molecule has 7 heteroatoms. The van der Waals surface area contributed by atoms with Crippen molar-refractivity contribution >= 4 is 11.8 Å². The van der Waals surface area contributed by atoms with Gasteiger partial charge in [0.1, 0.15) is 11.7 Å². The van der Waals surface area contributed by atoms with Crippen LogP contribution in [0.2, 0.25) is 0 Å². The molecular formula is C17H17N5O2. The number of anilines is 1. The largest absolute Gasteiger partial charge is 0.338 e. The molecule has 1 N–H and O–H groups in total. The fourth-order valence-corrected chi connectivity index (χ4v) is 3.27. The molecule has 2 saturated heterocycles.